The van der Waals surface area contributed by atoms with Gasteiger partial charge < -0.3 is 18.8 Å². The fourth-order valence-electron chi connectivity index (χ4n) is 4.25. The van der Waals surface area contributed by atoms with E-state index in [0.717, 1.165) is 6.42 Å². The van der Waals surface area contributed by atoms with Crippen LogP contribution in [-0.4, -0.2) is 29.4 Å². The Morgan fingerprint density at radius 2 is 1.72 bits per heavy atom. The maximum Gasteiger partial charge on any atom is 0.490 e. The number of allylic oxidation sites excluding steroid dienone is 2. The average Bonchev–Trinajstić information content (AvgIpc) is 3.35. The third-order valence-electron chi connectivity index (χ3n) is 6.87. The van der Waals surface area contributed by atoms with Crippen molar-refractivity contribution in [2.24, 2.45) is 5.41 Å². The van der Waals surface area contributed by atoms with E-state index in [-0.39, 0.29) is 30.0 Å². The predicted octanol–water partition coefficient (Wildman–Crippen LogP) is 5.82. The Morgan fingerprint density at radius 3 is 2.14 bits per heavy atom. The summed E-state index contributed by atoms with van der Waals surface area (Å²) in [5.41, 5.74) is 1.60. The maximum atomic E-state index is 10.1. The Kier molecular flexibility index (Phi) is 5.98. The fraction of sp³-hybridized carbons (Fsp3) is 0.636. The lowest BCUT2D eigenvalue weighted by Gasteiger charge is -2.33. The van der Waals surface area contributed by atoms with E-state index in [9.17, 15) is 4.79 Å². The first kappa shape index (κ1) is 21.7. The van der Waals surface area contributed by atoms with E-state index in [1.165, 1.54) is 56.1 Å². The van der Waals surface area contributed by atoms with Gasteiger partial charge in [-0.3, -0.25) is 0 Å². The third-order valence-corrected chi connectivity index (χ3v) is 6.87. The van der Waals surface area contributed by atoms with Crippen LogP contribution in [0.15, 0.2) is 28.1 Å². The standard InChI is InChI=1S/C16H27BO2.C6H3NO3/c1-14(2)15(3,4)19-17(18-14)13-7-11-16(12-8-13)9-5-6-10-16;1-7-5-3-2-4(10-5)6(8)9/h7H,5-6,8-12H2,1-4H3;2-3H,(H,8,9). The van der Waals surface area contributed by atoms with Crippen molar-refractivity contribution in [2.75, 3.05) is 0 Å². The van der Waals surface area contributed by atoms with Crippen LogP contribution in [0.1, 0.15) is 83.2 Å². The first-order valence-corrected chi connectivity index (χ1v) is 10.3. The van der Waals surface area contributed by atoms with Gasteiger partial charge in [0.05, 0.1) is 17.8 Å². The van der Waals surface area contributed by atoms with Crippen molar-refractivity contribution >= 4 is 19.0 Å². The molecule has 3 aliphatic rings. The molecule has 0 amide bonds. The van der Waals surface area contributed by atoms with Gasteiger partial charge in [-0.2, -0.15) is 4.85 Å². The van der Waals surface area contributed by atoms with Crippen molar-refractivity contribution in [1.29, 1.82) is 0 Å². The van der Waals surface area contributed by atoms with E-state index in [4.69, 9.17) is 21.0 Å². The lowest BCUT2D eigenvalue weighted by atomic mass is 9.65. The van der Waals surface area contributed by atoms with Gasteiger partial charge in [0.15, 0.2) is 5.76 Å². The quantitative estimate of drug-likeness (QED) is 0.501. The summed E-state index contributed by atoms with van der Waals surface area (Å²) < 4.78 is 16.9. The molecule has 1 N–H and O–H groups in total. The van der Waals surface area contributed by atoms with Crippen LogP contribution in [0.2, 0.25) is 0 Å². The topological polar surface area (TPSA) is 73.3 Å². The zero-order chi connectivity index (χ0) is 21.3. The summed E-state index contributed by atoms with van der Waals surface area (Å²) >= 11 is 0. The first-order valence-electron chi connectivity index (χ1n) is 10.3. The number of carbonyl (C=O) groups is 1. The lowest BCUT2D eigenvalue weighted by molar-refractivity contribution is 0.00578. The number of furan rings is 1. The summed E-state index contributed by atoms with van der Waals surface area (Å²) in [7, 11) is -0.108. The smallest absolute Gasteiger partial charge is 0.475 e. The second-order valence-corrected chi connectivity index (χ2v) is 9.33. The molecular formula is C22H30BNO5. The molecule has 0 bridgehead atoms. The third kappa shape index (κ3) is 4.60. The summed E-state index contributed by atoms with van der Waals surface area (Å²) in [6.07, 6.45) is 11.9. The second-order valence-electron chi connectivity index (χ2n) is 9.33. The van der Waals surface area contributed by atoms with Gasteiger partial charge in [-0.05, 0) is 82.8 Å². The van der Waals surface area contributed by atoms with Crippen molar-refractivity contribution in [3.63, 3.8) is 0 Å². The molecule has 1 aromatic heterocycles. The zero-order valence-electron chi connectivity index (χ0n) is 17.8. The van der Waals surface area contributed by atoms with Crippen LogP contribution in [0.5, 0.6) is 0 Å². The van der Waals surface area contributed by atoms with Crippen LogP contribution in [-0.2, 0) is 9.31 Å². The summed E-state index contributed by atoms with van der Waals surface area (Å²) in [6.45, 7) is 15.0. The van der Waals surface area contributed by atoms with Crippen LogP contribution >= 0.6 is 0 Å². The van der Waals surface area contributed by atoms with E-state index in [1.807, 2.05) is 0 Å². The van der Waals surface area contributed by atoms with Crippen molar-refractivity contribution in [2.45, 2.75) is 83.8 Å². The molecule has 156 valence electrons. The van der Waals surface area contributed by atoms with Gasteiger partial charge in [-0.15, -0.1) is 0 Å². The van der Waals surface area contributed by atoms with E-state index >= 15 is 0 Å². The Bertz CT molecular complexity index is 811. The molecule has 0 radical (unpaired) electrons. The van der Waals surface area contributed by atoms with Crippen LogP contribution in [0.4, 0.5) is 5.88 Å². The normalized spacial score (nSPS) is 23.8. The highest BCUT2D eigenvalue weighted by molar-refractivity contribution is 6.54. The largest absolute Gasteiger partial charge is 0.490 e. The lowest BCUT2D eigenvalue weighted by Crippen LogP contribution is -2.41. The van der Waals surface area contributed by atoms with Crippen molar-refractivity contribution in [3.8, 4) is 0 Å². The summed E-state index contributed by atoms with van der Waals surface area (Å²) in [5, 5.41) is 8.30. The molecule has 1 aromatic rings. The Balaban J connectivity index is 0.000000204. The molecule has 7 heteroatoms. The zero-order valence-corrected chi connectivity index (χ0v) is 17.8. The highest BCUT2D eigenvalue weighted by Gasteiger charge is 2.53. The number of nitrogens with zero attached hydrogens (tertiary/aromatic N) is 1. The molecule has 2 aliphatic carbocycles. The highest BCUT2D eigenvalue weighted by Crippen LogP contribution is 2.49. The summed E-state index contributed by atoms with van der Waals surface area (Å²) in [6, 6.07) is 2.56. The summed E-state index contributed by atoms with van der Waals surface area (Å²) in [4.78, 5) is 13.0. The molecule has 0 unspecified atom stereocenters. The van der Waals surface area contributed by atoms with Gasteiger partial charge in [0, 0.05) is 0 Å². The Morgan fingerprint density at radius 1 is 1.10 bits per heavy atom. The first-order chi connectivity index (χ1) is 13.6. The molecule has 1 aliphatic heterocycles. The van der Waals surface area contributed by atoms with Gasteiger partial charge >= 0.3 is 19.0 Å². The van der Waals surface area contributed by atoms with Crippen LogP contribution in [0.3, 0.4) is 0 Å². The van der Waals surface area contributed by atoms with Gasteiger partial charge in [0.1, 0.15) is 0 Å². The molecule has 0 aromatic carbocycles. The molecule has 1 saturated heterocycles. The summed E-state index contributed by atoms with van der Waals surface area (Å²) in [5.74, 6) is -1.36. The minimum Gasteiger partial charge on any atom is -0.475 e. The highest BCUT2D eigenvalue weighted by atomic mass is 16.7. The van der Waals surface area contributed by atoms with Crippen molar-refractivity contribution < 1.29 is 23.6 Å². The SMILES string of the molecule is CC1(C)OB(C2=CCC3(CCCC3)CC2)OC1(C)C.[C-]#[N+]c1ccc(C(=O)O)o1. The molecule has 4 rings (SSSR count). The van der Waals surface area contributed by atoms with Crippen LogP contribution in [0, 0.1) is 12.0 Å². The molecule has 1 saturated carbocycles. The number of hydrogen-bond acceptors (Lipinski definition) is 4. The minimum atomic E-state index is -1.16. The second kappa shape index (κ2) is 8.00. The van der Waals surface area contributed by atoms with Gasteiger partial charge in [-0.25, -0.2) is 4.79 Å². The van der Waals surface area contributed by atoms with E-state index in [2.05, 4.69) is 43.0 Å². The van der Waals surface area contributed by atoms with Gasteiger partial charge in [0.25, 0.3) is 0 Å². The number of rotatable bonds is 2. The van der Waals surface area contributed by atoms with Crippen LogP contribution < -0.4 is 0 Å². The van der Waals surface area contributed by atoms with Crippen molar-refractivity contribution in [3.05, 3.63) is 40.9 Å². The fourth-order valence-corrected chi connectivity index (χ4v) is 4.25. The van der Waals surface area contributed by atoms with Gasteiger partial charge in [-0.1, -0.05) is 18.9 Å². The number of carboxylic acids is 1. The number of carboxylic acid groups (broad SMARTS) is 1. The molecule has 1 spiro atoms. The average molecular weight is 399 g/mol. The van der Waals surface area contributed by atoms with Gasteiger partial charge in [0.2, 0.25) is 0 Å². The van der Waals surface area contributed by atoms with E-state index in [1.54, 1.807) is 0 Å². The molecular weight excluding hydrogens is 369 g/mol. The molecule has 29 heavy (non-hydrogen) atoms. The molecule has 6 nitrogen and oxygen atoms in total. The van der Waals surface area contributed by atoms with Crippen molar-refractivity contribution in [1.82, 2.24) is 0 Å². The van der Waals surface area contributed by atoms with E-state index in [0.29, 0.717) is 5.41 Å². The molecule has 2 fully saturated rings. The Labute approximate surface area is 173 Å². The number of hydrogen-bond donors (Lipinski definition) is 1. The maximum absolute atomic E-state index is 10.1. The Hall–Kier alpha value is -2.04. The monoisotopic (exact) mass is 399 g/mol. The van der Waals surface area contributed by atoms with Crippen LogP contribution in [0.25, 0.3) is 4.85 Å². The molecule has 2 heterocycles. The van der Waals surface area contributed by atoms with E-state index < -0.39 is 5.97 Å². The number of aromatic carboxylic acids is 1. The predicted molar refractivity (Wildman–Crippen MR) is 111 cm³/mol. The minimum absolute atomic E-state index is 0.00241. The molecule has 0 atom stereocenters.